The van der Waals surface area contributed by atoms with E-state index in [1.54, 1.807) is 0 Å². The van der Waals surface area contributed by atoms with Crippen LogP contribution in [0.5, 0.6) is 0 Å². The molecule has 7 atom stereocenters. The van der Waals surface area contributed by atoms with Gasteiger partial charge in [0.2, 0.25) is 5.95 Å². The molecule has 5 rings (SSSR count). The van der Waals surface area contributed by atoms with E-state index in [-0.39, 0.29) is 42.4 Å². The normalized spacial score (nSPS) is 29.1. The summed E-state index contributed by atoms with van der Waals surface area (Å²) in [5, 5.41) is 20.2. The fourth-order valence-electron chi connectivity index (χ4n) is 4.47. The van der Waals surface area contributed by atoms with Gasteiger partial charge in [-0.3, -0.25) is 23.5 Å². The van der Waals surface area contributed by atoms with E-state index in [0.717, 1.165) is 0 Å². The van der Waals surface area contributed by atoms with Crippen LogP contribution in [0.15, 0.2) is 28.2 Å². The number of nitrogens with zero attached hydrogens (tertiary/aromatic N) is 5. The summed E-state index contributed by atoms with van der Waals surface area (Å²) in [6.07, 6.45) is -2.19. The van der Waals surface area contributed by atoms with Gasteiger partial charge in [0.25, 0.3) is 5.56 Å². The van der Waals surface area contributed by atoms with Crippen molar-refractivity contribution in [1.29, 1.82) is 0 Å². The summed E-state index contributed by atoms with van der Waals surface area (Å²) in [6, 6.07) is 1.43. The van der Waals surface area contributed by atoms with Crippen LogP contribution < -0.4 is 22.7 Å². The van der Waals surface area contributed by atoms with Gasteiger partial charge < -0.3 is 40.2 Å². The number of anilines is 2. The van der Waals surface area contributed by atoms with E-state index in [0.29, 0.717) is 0 Å². The van der Waals surface area contributed by atoms with E-state index in [2.05, 4.69) is 19.9 Å². The van der Waals surface area contributed by atoms with Crippen molar-refractivity contribution in [2.24, 2.45) is 0 Å². The van der Waals surface area contributed by atoms with Crippen molar-refractivity contribution in [2.45, 2.75) is 49.7 Å². The van der Waals surface area contributed by atoms with Crippen LogP contribution in [0.2, 0.25) is 0 Å². The maximum atomic E-state index is 13.1. The molecule has 3 aromatic heterocycles. The molecule has 5 heterocycles. The lowest BCUT2D eigenvalue weighted by atomic mass is 10.2. The summed E-state index contributed by atoms with van der Waals surface area (Å²) in [7, 11) is -3.74. The van der Waals surface area contributed by atoms with E-state index in [1.165, 1.54) is 34.4 Å². The summed E-state index contributed by atoms with van der Waals surface area (Å²) in [5.41, 5.74) is 10.3. The Bertz CT molecular complexity index is 1490. The number of aromatic nitrogens is 6. The van der Waals surface area contributed by atoms with Crippen molar-refractivity contribution in [2.75, 3.05) is 31.3 Å². The molecule has 0 aliphatic carbocycles. The van der Waals surface area contributed by atoms with Crippen LogP contribution in [-0.2, 0) is 23.1 Å². The minimum atomic E-state index is -3.74. The molecule has 0 amide bonds. The van der Waals surface area contributed by atoms with Gasteiger partial charge in [0.1, 0.15) is 30.5 Å². The van der Waals surface area contributed by atoms with Crippen LogP contribution in [-0.4, -0.2) is 83.6 Å². The number of nitrogens with two attached hydrogens (primary N) is 2. The second-order valence-electron chi connectivity index (χ2n) is 9.01. The molecule has 0 bridgehead atoms. The molecule has 18 heteroatoms. The summed E-state index contributed by atoms with van der Waals surface area (Å²) in [5.74, 6) is -0.0420. The molecule has 17 nitrogen and oxygen atoms in total. The fourth-order valence-corrected chi connectivity index (χ4v) is 5.66. The highest BCUT2D eigenvalue weighted by molar-refractivity contribution is 7.53. The molecule has 7 unspecified atom stereocenters. The second-order valence-corrected chi connectivity index (χ2v) is 11.0. The highest BCUT2D eigenvalue weighted by Crippen LogP contribution is 2.49. The Balaban J connectivity index is 1.22. The smallest absolute Gasteiger partial charge is 0.351 e. The third kappa shape index (κ3) is 5.22. The highest BCUT2D eigenvalue weighted by atomic mass is 31.2. The summed E-state index contributed by atoms with van der Waals surface area (Å²) < 4.78 is 38.5. The van der Waals surface area contributed by atoms with Gasteiger partial charge in [-0.2, -0.15) is 9.97 Å². The SMILES string of the molecule is CP(=O)(OCC1OC(n2cnc3c(=O)[nH]c(N)nc32)CC1O)OC1CC(n2ccc(N)nc2=O)OC1CO. The molecule has 0 radical (unpaired) electrons. The number of rotatable bonds is 8. The molecule has 38 heavy (non-hydrogen) atoms. The first-order valence-electron chi connectivity index (χ1n) is 11.6. The Labute approximate surface area is 213 Å². The quantitative estimate of drug-likeness (QED) is 0.203. The second kappa shape index (κ2) is 10.2. The van der Waals surface area contributed by atoms with Gasteiger partial charge in [-0.05, 0) is 6.07 Å². The van der Waals surface area contributed by atoms with Crippen molar-refractivity contribution in [1.82, 2.24) is 29.1 Å². The molecule has 0 saturated carbocycles. The van der Waals surface area contributed by atoms with Gasteiger partial charge in [0.05, 0.1) is 31.7 Å². The third-order valence-corrected chi connectivity index (χ3v) is 7.56. The van der Waals surface area contributed by atoms with Crippen molar-refractivity contribution in [3.05, 3.63) is 39.4 Å². The van der Waals surface area contributed by atoms with Crippen molar-refractivity contribution in [3.63, 3.8) is 0 Å². The van der Waals surface area contributed by atoms with Gasteiger partial charge in [0.15, 0.2) is 11.2 Å². The lowest BCUT2D eigenvalue weighted by Crippen LogP contribution is -2.29. The van der Waals surface area contributed by atoms with Crippen molar-refractivity contribution >= 4 is 30.5 Å². The van der Waals surface area contributed by atoms with Crippen molar-refractivity contribution < 1.29 is 33.3 Å². The summed E-state index contributed by atoms with van der Waals surface area (Å²) in [6.45, 7) is 0.508. The van der Waals surface area contributed by atoms with Gasteiger partial charge in [-0.15, -0.1) is 0 Å². The number of aliphatic hydroxyl groups excluding tert-OH is 2. The van der Waals surface area contributed by atoms with Gasteiger partial charge >= 0.3 is 13.3 Å². The lowest BCUT2D eigenvalue weighted by Gasteiger charge is -2.23. The van der Waals surface area contributed by atoms with Crippen LogP contribution in [0.4, 0.5) is 11.8 Å². The molecule has 2 saturated heterocycles. The lowest BCUT2D eigenvalue weighted by molar-refractivity contribution is -0.0509. The van der Waals surface area contributed by atoms with Crippen LogP contribution in [0, 0.1) is 0 Å². The molecule has 2 aliphatic heterocycles. The zero-order chi connectivity index (χ0) is 27.2. The van der Waals surface area contributed by atoms with Gasteiger partial charge in [-0.1, -0.05) is 0 Å². The Morgan fingerprint density at radius 3 is 2.66 bits per heavy atom. The summed E-state index contributed by atoms with van der Waals surface area (Å²) in [4.78, 5) is 38.3. The Hall–Kier alpha value is -3.18. The van der Waals surface area contributed by atoms with E-state index >= 15 is 0 Å². The molecular weight excluding hydrogens is 527 g/mol. The largest absolute Gasteiger partial charge is 0.394 e. The van der Waals surface area contributed by atoms with Gasteiger partial charge in [-0.25, -0.2) is 9.78 Å². The van der Waals surface area contributed by atoms with Crippen LogP contribution in [0.3, 0.4) is 0 Å². The van der Waals surface area contributed by atoms with Gasteiger partial charge in [0, 0.05) is 25.7 Å². The maximum Gasteiger partial charge on any atom is 0.351 e. The van der Waals surface area contributed by atoms with Crippen molar-refractivity contribution in [3.8, 4) is 0 Å². The van der Waals surface area contributed by atoms with E-state index < -0.39 is 62.3 Å². The first kappa shape index (κ1) is 26.4. The summed E-state index contributed by atoms with van der Waals surface area (Å²) >= 11 is 0. The number of fused-ring (bicyclic) bond motifs is 1. The van der Waals surface area contributed by atoms with Crippen LogP contribution >= 0.6 is 7.60 Å². The zero-order valence-corrected chi connectivity index (χ0v) is 21.0. The fraction of sp³-hybridized carbons (Fsp3) is 0.550. The minimum Gasteiger partial charge on any atom is -0.394 e. The number of nitrogens with one attached hydrogen (secondary N) is 1. The number of H-pyrrole nitrogens is 1. The van der Waals surface area contributed by atoms with E-state index in [9.17, 15) is 24.4 Å². The third-order valence-electron chi connectivity index (χ3n) is 6.29. The standard InChI is InChI=1S/C20H27N8O9P/c1-38(33,37-10-5-15(35-11(10)6-29)27-3-2-13(21)24-20(27)32)34-7-12-9(30)4-14(36-12)28-8-23-16-17(28)25-19(22)26-18(16)31/h2-3,8-12,14-15,29-30H,4-7H2,1H3,(H2,21,24,32)(H3,22,25,26,31). The number of nitrogen functional groups attached to an aromatic ring is 2. The average Bonchev–Trinajstić information content (AvgIpc) is 3.54. The van der Waals surface area contributed by atoms with Crippen LogP contribution in [0.1, 0.15) is 25.3 Å². The predicted octanol–water partition coefficient (Wildman–Crippen LogP) is -1.31. The number of aliphatic hydroxyl groups is 2. The number of ether oxygens (including phenoxy) is 2. The predicted molar refractivity (Wildman–Crippen MR) is 130 cm³/mol. The molecule has 2 aliphatic rings. The molecular formula is C20H27N8O9P. The van der Waals surface area contributed by atoms with Crippen LogP contribution in [0.25, 0.3) is 11.2 Å². The Morgan fingerprint density at radius 1 is 1.18 bits per heavy atom. The first-order chi connectivity index (χ1) is 18.0. The molecule has 206 valence electrons. The molecule has 2 fully saturated rings. The number of imidazole rings is 1. The molecule has 3 aromatic rings. The number of hydrogen-bond acceptors (Lipinski definition) is 14. The molecule has 0 aromatic carbocycles. The first-order valence-corrected chi connectivity index (χ1v) is 13.6. The van der Waals surface area contributed by atoms with E-state index in [1.807, 2.05) is 0 Å². The average molecular weight is 554 g/mol. The molecule has 7 N–H and O–H groups in total. The Kier molecular flexibility index (Phi) is 7.08. The number of hydrogen-bond donors (Lipinski definition) is 5. The van der Waals surface area contributed by atoms with E-state index in [4.69, 9.17) is 30.0 Å². The maximum absolute atomic E-state index is 13.1. The Morgan fingerprint density at radius 2 is 1.92 bits per heavy atom. The topological polar surface area (TPSA) is 245 Å². The minimum absolute atomic E-state index is 0.0519. The highest BCUT2D eigenvalue weighted by Gasteiger charge is 2.42. The molecule has 0 spiro atoms. The number of aromatic amines is 1. The zero-order valence-electron chi connectivity index (χ0n) is 20.1. The monoisotopic (exact) mass is 554 g/mol.